The van der Waals surface area contributed by atoms with Gasteiger partial charge in [0.2, 0.25) is 0 Å². The van der Waals surface area contributed by atoms with Gasteiger partial charge in [-0.1, -0.05) is 0 Å². The van der Waals surface area contributed by atoms with Crippen LogP contribution in [0.1, 0.15) is 5.56 Å². The molecular weight excluding hydrogens is 204 g/mol. The topological polar surface area (TPSA) is 76.2 Å². The summed E-state index contributed by atoms with van der Waals surface area (Å²) in [5.74, 6) is 0.269. The first-order valence-corrected chi connectivity index (χ1v) is 4.00. The number of hydrogen-bond donors (Lipinski definition) is 1. The van der Waals surface area contributed by atoms with Crippen molar-refractivity contribution in [2.75, 3.05) is 7.11 Å². The molecule has 6 heteroatoms. The lowest BCUT2D eigenvalue weighted by Crippen LogP contribution is -1.94. The summed E-state index contributed by atoms with van der Waals surface area (Å²) in [6.45, 7) is 0. The molecule has 0 atom stereocenters. The minimum absolute atomic E-state index is 0.0540. The van der Waals surface area contributed by atoms with Crippen LogP contribution in [0.3, 0.4) is 0 Å². The van der Waals surface area contributed by atoms with Gasteiger partial charge < -0.3 is 4.74 Å². The normalized spacial score (nSPS) is 9.21. The Morgan fingerprint density at radius 3 is 2.71 bits per heavy atom. The zero-order chi connectivity index (χ0) is 10.7. The van der Waals surface area contributed by atoms with Crippen LogP contribution in [-0.2, 0) is 0 Å². The van der Waals surface area contributed by atoms with Crippen molar-refractivity contribution in [3.63, 3.8) is 0 Å². The Labute approximate surface area is 85.5 Å². The van der Waals surface area contributed by atoms with Crippen LogP contribution in [0.15, 0.2) is 17.0 Å². The van der Waals surface area contributed by atoms with Crippen molar-refractivity contribution in [1.82, 2.24) is 0 Å². The third-order valence-electron chi connectivity index (χ3n) is 1.62. The van der Waals surface area contributed by atoms with Gasteiger partial charge in [-0.3, -0.25) is 10.1 Å². The molecule has 1 aromatic rings. The summed E-state index contributed by atoms with van der Waals surface area (Å²) in [5.41, 5.74) is -0.108. The first kappa shape index (κ1) is 10.3. The Hall–Kier alpha value is -1.74. The molecule has 1 rings (SSSR count). The lowest BCUT2D eigenvalue weighted by molar-refractivity contribution is -0.387. The third kappa shape index (κ3) is 1.78. The summed E-state index contributed by atoms with van der Waals surface area (Å²) in [6.07, 6.45) is 0. The summed E-state index contributed by atoms with van der Waals surface area (Å²) < 4.78 is 4.81. The van der Waals surface area contributed by atoms with Crippen molar-refractivity contribution in [3.8, 4) is 11.8 Å². The van der Waals surface area contributed by atoms with Crippen LogP contribution in [0.2, 0.25) is 0 Å². The average molecular weight is 210 g/mol. The van der Waals surface area contributed by atoms with Crippen LogP contribution in [0.4, 0.5) is 5.69 Å². The molecule has 1 aromatic carbocycles. The molecule has 0 heterocycles. The molecule has 0 aliphatic rings. The van der Waals surface area contributed by atoms with Gasteiger partial charge in [-0.05, 0) is 6.07 Å². The lowest BCUT2D eigenvalue weighted by Gasteiger charge is -2.02. The second-order valence-electron chi connectivity index (χ2n) is 2.41. The molecule has 0 amide bonds. The predicted octanol–water partition coefficient (Wildman–Crippen LogP) is 1.76. The van der Waals surface area contributed by atoms with Crippen LogP contribution in [0.5, 0.6) is 5.75 Å². The number of ether oxygens (including phenoxy) is 1. The highest BCUT2D eigenvalue weighted by Gasteiger charge is 2.17. The molecule has 14 heavy (non-hydrogen) atoms. The molecule has 0 fully saturated rings. The Morgan fingerprint density at radius 2 is 2.29 bits per heavy atom. The van der Waals surface area contributed by atoms with E-state index >= 15 is 0 Å². The molecule has 0 spiro atoms. The SMILES string of the molecule is COc1cc(C#N)c(S)c([N+](=O)[O-])c1. The molecule has 0 saturated carbocycles. The van der Waals surface area contributed by atoms with Crippen molar-refractivity contribution < 1.29 is 9.66 Å². The molecule has 0 radical (unpaired) electrons. The number of thiol groups is 1. The van der Waals surface area contributed by atoms with Gasteiger partial charge in [0.1, 0.15) is 16.7 Å². The van der Waals surface area contributed by atoms with E-state index in [0.717, 1.165) is 0 Å². The van der Waals surface area contributed by atoms with Gasteiger partial charge in [-0.15, -0.1) is 12.6 Å². The van der Waals surface area contributed by atoms with Gasteiger partial charge in [-0.25, -0.2) is 0 Å². The van der Waals surface area contributed by atoms with E-state index < -0.39 is 4.92 Å². The Morgan fingerprint density at radius 1 is 1.64 bits per heavy atom. The highest BCUT2D eigenvalue weighted by atomic mass is 32.1. The number of methoxy groups -OCH3 is 1. The zero-order valence-corrected chi connectivity index (χ0v) is 8.12. The van der Waals surface area contributed by atoms with Gasteiger partial charge in [0.05, 0.1) is 23.7 Å². The van der Waals surface area contributed by atoms with E-state index in [1.165, 1.54) is 19.2 Å². The van der Waals surface area contributed by atoms with Gasteiger partial charge in [0.25, 0.3) is 5.69 Å². The smallest absolute Gasteiger partial charge is 0.287 e. The largest absolute Gasteiger partial charge is 0.496 e. The first-order valence-electron chi connectivity index (χ1n) is 3.55. The highest BCUT2D eigenvalue weighted by molar-refractivity contribution is 7.80. The van der Waals surface area contributed by atoms with E-state index in [1.54, 1.807) is 6.07 Å². The number of benzene rings is 1. The predicted molar refractivity (Wildman–Crippen MR) is 51.6 cm³/mol. The quantitative estimate of drug-likeness (QED) is 0.458. The van der Waals surface area contributed by atoms with Gasteiger partial charge >= 0.3 is 0 Å². The van der Waals surface area contributed by atoms with E-state index in [1.807, 2.05) is 0 Å². The van der Waals surface area contributed by atoms with Crippen LogP contribution < -0.4 is 4.74 Å². The summed E-state index contributed by atoms with van der Waals surface area (Å²) >= 11 is 3.90. The average Bonchev–Trinajstić information content (AvgIpc) is 2.17. The van der Waals surface area contributed by atoms with Crippen LogP contribution in [0.25, 0.3) is 0 Å². The molecule has 0 aromatic heterocycles. The van der Waals surface area contributed by atoms with Crippen LogP contribution in [0, 0.1) is 21.4 Å². The van der Waals surface area contributed by atoms with E-state index in [2.05, 4.69) is 12.6 Å². The lowest BCUT2D eigenvalue weighted by atomic mass is 10.2. The molecule has 72 valence electrons. The number of nitro groups is 1. The van der Waals surface area contributed by atoms with E-state index in [4.69, 9.17) is 10.00 Å². The van der Waals surface area contributed by atoms with Gasteiger partial charge in [0.15, 0.2) is 0 Å². The van der Waals surface area contributed by atoms with E-state index in [0.29, 0.717) is 0 Å². The Kier molecular flexibility index (Phi) is 2.94. The second-order valence-corrected chi connectivity index (χ2v) is 2.86. The summed E-state index contributed by atoms with van der Waals surface area (Å²) in [6, 6.07) is 4.43. The summed E-state index contributed by atoms with van der Waals surface area (Å²) in [7, 11) is 1.37. The standard InChI is InChI=1S/C8H6N2O3S/c1-13-6-2-5(4-9)8(14)7(3-6)10(11)12/h2-3,14H,1H3. The van der Waals surface area contributed by atoms with Crippen molar-refractivity contribution in [3.05, 3.63) is 27.8 Å². The molecule has 0 aliphatic heterocycles. The fourth-order valence-corrected chi connectivity index (χ4v) is 1.20. The number of nitro benzene ring substituents is 1. The Bertz CT molecular complexity index is 425. The van der Waals surface area contributed by atoms with Crippen LogP contribution in [-0.4, -0.2) is 12.0 Å². The van der Waals surface area contributed by atoms with Crippen LogP contribution >= 0.6 is 12.6 Å². The fourth-order valence-electron chi connectivity index (χ4n) is 0.936. The third-order valence-corrected chi connectivity index (χ3v) is 2.09. The van der Waals surface area contributed by atoms with Crippen molar-refractivity contribution in [1.29, 1.82) is 5.26 Å². The maximum atomic E-state index is 10.5. The van der Waals surface area contributed by atoms with Crippen molar-refractivity contribution >= 4 is 18.3 Å². The highest BCUT2D eigenvalue weighted by Crippen LogP contribution is 2.30. The Balaban J connectivity index is 3.44. The molecule has 0 N–H and O–H groups in total. The number of rotatable bonds is 2. The second kappa shape index (κ2) is 3.98. The van der Waals surface area contributed by atoms with Crippen molar-refractivity contribution in [2.24, 2.45) is 0 Å². The van der Waals surface area contributed by atoms with Crippen molar-refractivity contribution in [2.45, 2.75) is 4.90 Å². The number of nitrogens with zero attached hydrogens (tertiary/aromatic N) is 2. The monoisotopic (exact) mass is 210 g/mol. The first-order chi connectivity index (χ1) is 6.60. The maximum absolute atomic E-state index is 10.5. The van der Waals surface area contributed by atoms with E-state index in [-0.39, 0.29) is 21.9 Å². The van der Waals surface area contributed by atoms with E-state index in [9.17, 15) is 10.1 Å². The molecule has 0 bridgehead atoms. The maximum Gasteiger partial charge on any atom is 0.287 e. The fraction of sp³-hybridized carbons (Fsp3) is 0.125. The van der Waals surface area contributed by atoms with Gasteiger partial charge in [0, 0.05) is 0 Å². The molecule has 0 unspecified atom stereocenters. The molecule has 0 saturated heterocycles. The minimum Gasteiger partial charge on any atom is -0.496 e. The zero-order valence-electron chi connectivity index (χ0n) is 7.22. The summed E-state index contributed by atoms with van der Waals surface area (Å²) in [5, 5.41) is 19.2. The number of nitriles is 1. The van der Waals surface area contributed by atoms with Gasteiger partial charge in [-0.2, -0.15) is 5.26 Å². The molecule has 5 nitrogen and oxygen atoms in total. The minimum atomic E-state index is -0.605. The number of hydrogen-bond acceptors (Lipinski definition) is 5. The molecule has 0 aliphatic carbocycles. The summed E-state index contributed by atoms with van der Waals surface area (Å²) in [4.78, 5) is 10.00. The molecular formula is C8H6N2O3S.